The normalized spacial score (nSPS) is 21.0. The summed E-state index contributed by atoms with van der Waals surface area (Å²) in [6, 6.07) is 16.5. The van der Waals surface area contributed by atoms with Gasteiger partial charge in [0.2, 0.25) is 0 Å². The van der Waals surface area contributed by atoms with Gasteiger partial charge in [0, 0.05) is 23.2 Å². The van der Waals surface area contributed by atoms with Gasteiger partial charge in [-0.15, -0.1) is 0 Å². The second-order valence-corrected chi connectivity index (χ2v) is 8.61. The van der Waals surface area contributed by atoms with Gasteiger partial charge < -0.3 is 9.73 Å². The first-order valence-electron chi connectivity index (χ1n) is 9.54. The fraction of sp³-hybridized carbons (Fsp3) is 0.292. The molecule has 1 aliphatic carbocycles. The molecule has 3 heteroatoms. The number of anilines is 1. The molecule has 0 fully saturated rings. The molecule has 2 heterocycles. The number of furan rings is 1. The van der Waals surface area contributed by atoms with E-state index in [0.29, 0.717) is 6.42 Å². The minimum atomic E-state index is -0.0918. The SMILES string of the molecule is Cc1ccc([C@H]2Nc3cc4ccccc4cc3C3=C2CC(C)(C)CC3=O)o1. The number of carbonyl (C=O) groups excluding carboxylic acids is 1. The predicted octanol–water partition coefficient (Wildman–Crippen LogP) is 6.05. The summed E-state index contributed by atoms with van der Waals surface area (Å²) in [5, 5.41) is 6.01. The second kappa shape index (κ2) is 5.59. The highest BCUT2D eigenvalue weighted by molar-refractivity contribution is 6.25. The van der Waals surface area contributed by atoms with Crippen molar-refractivity contribution in [2.24, 2.45) is 5.41 Å². The lowest BCUT2D eigenvalue weighted by molar-refractivity contribution is -0.116. The second-order valence-electron chi connectivity index (χ2n) is 8.61. The number of ketones is 1. The number of fused-ring (bicyclic) bond motifs is 3. The first kappa shape index (κ1) is 16.4. The van der Waals surface area contributed by atoms with Crippen LogP contribution in [-0.4, -0.2) is 5.78 Å². The Balaban J connectivity index is 1.77. The molecule has 0 spiro atoms. The fourth-order valence-electron chi connectivity index (χ4n) is 4.60. The smallest absolute Gasteiger partial charge is 0.164 e. The molecule has 0 radical (unpaired) electrons. The minimum absolute atomic E-state index is 0.0359. The van der Waals surface area contributed by atoms with Gasteiger partial charge in [-0.1, -0.05) is 38.1 Å². The van der Waals surface area contributed by atoms with Crippen LogP contribution in [-0.2, 0) is 4.79 Å². The molecule has 3 aromatic rings. The number of aryl methyl sites for hydroxylation is 1. The van der Waals surface area contributed by atoms with Gasteiger partial charge >= 0.3 is 0 Å². The predicted molar refractivity (Wildman–Crippen MR) is 109 cm³/mol. The molecule has 3 nitrogen and oxygen atoms in total. The van der Waals surface area contributed by atoms with Crippen LogP contribution in [0.3, 0.4) is 0 Å². The molecule has 0 saturated heterocycles. The minimum Gasteiger partial charge on any atom is -0.464 e. The maximum atomic E-state index is 13.2. The number of carbonyl (C=O) groups is 1. The lowest BCUT2D eigenvalue weighted by atomic mass is 9.68. The molecule has 1 aromatic heterocycles. The Hall–Kier alpha value is -2.81. The molecule has 0 amide bonds. The number of hydrogen-bond acceptors (Lipinski definition) is 3. The highest BCUT2D eigenvalue weighted by atomic mass is 16.3. The van der Waals surface area contributed by atoms with Gasteiger partial charge in [-0.05, 0) is 59.4 Å². The van der Waals surface area contributed by atoms with Crippen LogP contribution in [0.5, 0.6) is 0 Å². The van der Waals surface area contributed by atoms with Crippen molar-refractivity contribution in [3.8, 4) is 0 Å². The quantitative estimate of drug-likeness (QED) is 0.576. The maximum absolute atomic E-state index is 13.2. The Morgan fingerprint density at radius 2 is 1.78 bits per heavy atom. The van der Waals surface area contributed by atoms with Crippen molar-refractivity contribution >= 4 is 27.8 Å². The van der Waals surface area contributed by atoms with Crippen molar-refractivity contribution in [2.75, 3.05) is 5.32 Å². The molecule has 1 N–H and O–H groups in total. The number of allylic oxidation sites excluding steroid dienone is 1. The van der Waals surface area contributed by atoms with Gasteiger partial charge in [0.15, 0.2) is 5.78 Å². The largest absolute Gasteiger partial charge is 0.464 e. The molecule has 27 heavy (non-hydrogen) atoms. The highest BCUT2D eigenvalue weighted by Crippen LogP contribution is 2.50. The fourth-order valence-corrected chi connectivity index (χ4v) is 4.60. The van der Waals surface area contributed by atoms with Crippen LogP contribution in [0.25, 0.3) is 16.3 Å². The van der Waals surface area contributed by atoms with E-state index in [1.807, 2.05) is 31.2 Å². The Bertz CT molecular complexity index is 1120. The number of hydrogen-bond donors (Lipinski definition) is 1. The van der Waals surface area contributed by atoms with Crippen molar-refractivity contribution in [2.45, 2.75) is 39.7 Å². The lowest BCUT2D eigenvalue weighted by Crippen LogP contribution is -2.32. The first-order chi connectivity index (χ1) is 12.9. The Kier molecular flexibility index (Phi) is 3.39. The van der Waals surface area contributed by atoms with Crippen LogP contribution >= 0.6 is 0 Å². The van der Waals surface area contributed by atoms with Crippen LogP contribution in [0.15, 0.2) is 58.5 Å². The van der Waals surface area contributed by atoms with Crippen molar-refractivity contribution in [1.29, 1.82) is 0 Å². The van der Waals surface area contributed by atoms with E-state index in [0.717, 1.165) is 45.7 Å². The Morgan fingerprint density at radius 3 is 2.48 bits per heavy atom. The third-order valence-corrected chi connectivity index (χ3v) is 5.76. The van der Waals surface area contributed by atoms with Crippen LogP contribution in [0.2, 0.25) is 0 Å². The average Bonchev–Trinajstić information content (AvgIpc) is 3.04. The van der Waals surface area contributed by atoms with Crippen molar-refractivity contribution in [3.05, 3.63) is 71.2 Å². The van der Waals surface area contributed by atoms with Crippen molar-refractivity contribution < 1.29 is 9.21 Å². The molecule has 5 rings (SSSR count). The average molecular weight is 357 g/mol. The summed E-state index contributed by atoms with van der Waals surface area (Å²) in [6.07, 6.45) is 1.47. The van der Waals surface area contributed by atoms with E-state index in [1.54, 1.807) is 0 Å². The van der Waals surface area contributed by atoms with Crippen LogP contribution < -0.4 is 5.32 Å². The molecular formula is C24H23NO2. The van der Waals surface area contributed by atoms with Crippen LogP contribution in [0.1, 0.15) is 49.8 Å². The van der Waals surface area contributed by atoms with E-state index in [9.17, 15) is 4.79 Å². The van der Waals surface area contributed by atoms with E-state index >= 15 is 0 Å². The zero-order chi connectivity index (χ0) is 18.8. The van der Waals surface area contributed by atoms with Gasteiger partial charge in [0.25, 0.3) is 0 Å². The molecule has 1 atom stereocenters. The van der Waals surface area contributed by atoms with Gasteiger partial charge in [0.1, 0.15) is 17.6 Å². The van der Waals surface area contributed by atoms with Crippen molar-refractivity contribution in [1.82, 2.24) is 0 Å². The Labute approximate surface area is 159 Å². The molecule has 0 bridgehead atoms. The zero-order valence-corrected chi connectivity index (χ0v) is 15.9. The van der Waals surface area contributed by atoms with Gasteiger partial charge in [-0.2, -0.15) is 0 Å². The van der Waals surface area contributed by atoms with E-state index in [2.05, 4.69) is 43.4 Å². The first-order valence-corrected chi connectivity index (χ1v) is 9.54. The summed E-state index contributed by atoms with van der Waals surface area (Å²) in [7, 11) is 0. The lowest BCUT2D eigenvalue weighted by Gasteiger charge is -2.39. The molecular weight excluding hydrogens is 334 g/mol. The molecule has 136 valence electrons. The topological polar surface area (TPSA) is 42.2 Å². The summed E-state index contributed by atoms with van der Waals surface area (Å²) in [5.74, 6) is 2.01. The maximum Gasteiger partial charge on any atom is 0.164 e. The third kappa shape index (κ3) is 2.61. The summed E-state index contributed by atoms with van der Waals surface area (Å²) in [5.41, 5.74) is 4.07. The summed E-state index contributed by atoms with van der Waals surface area (Å²) in [6.45, 7) is 6.31. The third-order valence-electron chi connectivity index (χ3n) is 5.76. The molecule has 0 unspecified atom stereocenters. The molecule has 2 aromatic carbocycles. The summed E-state index contributed by atoms with van der Waals surface area (Å²) >= 11 is 0. The number of rotatable bonds is 1. The molecule has 0 saturated carbocycles. The highest BCUT2D eigenvalue weighted by Gasteiger charge is 2.40. The molecule has 2 aliphatic rings. The van der Waals surface area contributed by atoms with Gasteiger partial charge in [-0.25, -0.2) is 0 Å². The van der Waals surface area contributed by atoms with Gasteiger partial charge in [0.05, 0.1) is 0 Å². The number of nitrogens with one attached hydrogen (secondary N) is 1. The number of Topliss-reactive ketones (excluding diaryl/α,β-unsaturated/α-hetero) is 1. The summed E-state index contributed by atoms with van der Waals surface area (Å²) < 4.78 is 5.97. The number of benzene rings is 2. The van der Waals surface area contributed by atoms with E-state index < -0.39 is 0 Å². The van der Waals surface area contributed by atoms with Crippen molar-refractivity contribution in [3.63, 3.8) is 0 Å². The monoisotopic (exact) mass is 357 g/mol. The summed E-state index contributed by atoms with van der Waals surface area (Å²) in [4.78, 5) is 13.2. The van der Waals surface area contributed by atoms with Crippen LogP contribution in [0, 0.1) is 12.3 Å². The van der Waals surface area contributed by atoms with E-state index in [4.69, 9.17) is 4.42 Å². The Morgan fingerprint density at radius 1 is 1.04 bits per heavy atom. The standard InChI is InChI=1S/C24H23NO2/c1-14-8-9-21(27-14)23-18-12-24(2,3)13-20(26)22(18)17-10-15-6-4-5-7-16(15)11-19(17)25-23/h4-11,23,25H,12-13H2,1-3H3/t23-/m0/s1. The van der Waals surface area contributed by atoms with Crippen LogP contribution in [0.4, 0.5) is 5.69 Å². The van der Waals surface area contributed by atoms with Gasteiger partial charge in [-0.3, -0.25) is 4.79 Å². The van der Waals surface area contributed by atoms with E-state index in [1.165, 1.54) is 5.39 Å². The zero-order valence-electron chi connectivity index (χ0n) is 15.9. The molecule has 1 aliphatic heterocycles. The van der Waals surface area contributed by atoms with E-state index in [-0.39, 0.29) is 17.2 Å².